The predicted molar refractivity (Wildman–Crippen MR) is 142 cm³/mol. The van der Waals surface area contributed by atoms with Crippen molar-refractivity contribution in [2.75, 3.05) is 4.72 Å². The largest absolute Gasteiger partial charge is 0.279 e. The third-order valence-electron chi connectivity index (χ3n) is 5.93. The minimum absolute atomic E-state index is 0.196. The number of rotatable bonds is 5. The molecular formula is C29H24N2O2S. The first kappa shape index (κ1) is 21.9. The number of sulfonamides is 1. The molecule has 5 rings (SSSR count). The molecule has 5 aromatic carbocycles. The van der Waals surface area contributed by atoms with Gasteiger partial charge in [-0.3, -0.25) is 9.71 Å². The average Bonchev–Trinajstić information content (AvgIpc) is 2.84. The zero-order chi connectivity index (χ0) is 23.7. The van der Waals surface area contributed by atoms with Gasteiger partial charge >= 0.3 is 0 Å². The minimum Gasteiger partial charge on any atom is -0.279 e. The Bertz CT molecular complexity index is 1600. The summed E-state index contributed by atoms with van der Waals surface area (Å²) in [5.41, 5.74) is 4.27. The molecule has 0 radical (unpaired) electrons. The average molecular weight is 465 g/mol. The van der Waals surface area contributed by atoms with Crippen molar-refractivity contribution in [2.24, 2.45) is 4.99 Å². The second-order valence-electron chi connectivity index (χ2n) is 8.41. The first-order valence-corrected chi connectivity index (χ1v) is 12.5. The third kappa shape index (κ3) is 4.30. The Morgan fingerprint density at radius 1 is 0.735 bits per heavy atom. The molecule has 0 fully saturated rings. The van der Waals surface area contributed by atoms with Crippen molar-refractivity contribution in [3.8, 4) is 0 Å². The van der Waals surface area contributed by atoms with Crippen molar-refractivity contribution in [3.63, 3.8) is 0 Å². The Balaban J connectivity index is 1.45. The highest BCUT2D eigenvalue weighted by atomic mass is 32.2. The van der Waals surface area contributed by atoms with Gasteiger partial charge in [-0.05, 0) is 77.4 Å². The van der Waals surface area contributed by atoms with Crippen LogP contribution < -0.4 is 4.72 Å². The Hall–Kier alpha value is -3.96. The molecule has 0 amide bonds. The Labute approximate surface area is 199 Å². The lowest BCUT2D eigenvalue weighted by atomic mass is 9.97. The Morgan fingerprint density at radius 2 is 1.35 bits per heavy atom. The molecular weight excluding hydrogens is 440 g/mol. The van der Waals surface area contributed by atoms with Gasteiger partial charge in [0.25, 0.3) is 10.0 Å². The maximum atomic E-state index is 12.9. The van der Waals surface area contributed by atoms with Gasteiger partial charge in [0.2, 0.25) is 0 Å². The van der Waals surface area contributed by atoms with Crippen LogP contribution in [-0.4, -0.2) is 14.6 Å². The monoisotopic (exact) mass is 464 g/mol. The van der Waals surface area contributed by atoms with Gasteiger partial charge < -0.3 is 0 Å². The Morgan fingerprint density at radius 3 is 1.97 bits per heavy atom. The lowest BCUT2D eigenvalue weighted by Crippen LogP contribution is -2.13. The predicted octanol–water partition coefficient (Wildman–Crippen LogP) is 7.16. The van der Waals surface area contributed by atoms with Crippen molar-refractivity contribution >= 4 is 49.2 Å². The molecule has 5 heteroatoms. The first-order chi connectivity index (χ1) is 16.4. The molecule has 0 spiro atoms. The summed E-state index contributed by atoms with van der Waals surface area (Å²) < 4.78 is 28.4. The van der Waals surface area contributed by atoms with E-state index in [4.69, 9.17) is 0 Å². The standard InChI is InChI=1S/C29H24N2O2S/c1-20-11-16-29(21(2)17-20)31-34(32,33)25-14-12-24(13-15-25)30-19-28-26-9-5-3-7-22(26)18-23-8-4-6-10-27(23)28/h3-19,31H,1-2H3. The zero-order valence-corrected chi connectivity index (χ0v) is 19.8. The summed E-state index contributed by atoms with van der Waals surface area (Å²) in [6.45, 7) is 3.87. The van der Waals surface area contributed by atoms with E-state index in [-0.39, 0.29) is 4.90 Å². The quantitative estimate of drug-likeness (QED) is 0.222. The second kappa shape index (κ2) is 8.76. The molecule has 0 aliphatic carbocycles. The molecule has 0 aliphatic rings. The van der Waals surface area contributed by atoms with Crippen molar-refractivity contribution in [3.05, 3.63) is 114 Å². The highest BCUT2D eigenvalue weighted by Gasteiger charge is 2.15. The zero-order valence-electron chi connectivity index (χ0n) is 19.0. The van der Waals surface area contributed by atoms with Gasteiger partial charge in [0.15, 0.2) is 0 Å². The van der Waals surface area contributed by atoms with Crippen LogP contribution in [0.3, 0.4) is 0 Å². The number of anilines is 1. The lowest BCUT2D eigenvalue weighted by Gasteiger charge is -2.11. The minimum atomic E-state index is -3.69. The van der Waals surface area contributed by atoms with Crippen LogP contribution >= 0.6 is 0 Å². The molecule has 0 saturated carbocycles. The fraction of sp³-hybridized carbons (Fsp3) is 0.0690. The van der Waals surface area contributed by atoms with E-state index in [9.17, 15) is 8.42 Å². The Kier molecular flexibility index (Phi) is 5.64. The van der Waals surface area contributed by atoms with Gasteiger partial charge in [0, 0.05) is 11.8 Å². The number of benzene rings is 5. The van der Waals surface area contributed by atoms with E-state index in [1.807, 2.05) is 56.5 Å². The fourth-order valence-corrected chi connectivity index (χ4v) is 5.30. The molecule has 0 atom stereocenters. The van der Waals surface area contributed by atoms with E-state index in [2.05, 4.69) is 40.0 Å². The number of fused-ring (bicyclic) bond motifs is 2. The molecule has 1 N–H and O–H groups in total. The van der Waals surface area contributed by atoms with Gasteiger partial charge in [-0.15, -0.1) is 0 Å². The summed E-state index contributed by atoms with van der Waals surface area (Å²) in [5, 5.41) is 4.56. The van der Waals surface area contributed by atoms with E-state index in [1.165, 1.54) is 0 Å². The van der Waals surface area contributed by atoms with E-state index in [0.29, 0.717) is 11.4 Å². The highest BCUT2D eigenvalue weighted by Crippen LogP contribution is 2.28. The molecule has 34 heavy (non-hydrogen) atoms. The van der Waals surface area contributed by atoms with E-state index in [0.717, 1.165) is 38.2 Å². The van der Waals surface area contributed by atoms with E-state index in [1.54, 1.807) is 30.3 Å². The first-order valence-electron chi connectivity index (χ1n) is 11.1. The molecule has 0 bridgehead atoms. The number of hydrogen-bond donors (Lipinski definition) is 1. The molecule has 4 nitrogen and oxygen atoms in total. The molecule has 5 aromatic rings. The summed E-state index contributed by atoms with van der Waals surface area (Å²) in [5.74, 6) is 0. The van der Waals surface area contributed by atoms with Crippen LogP contribution in [0.1, 0.15) is 16.7 Å². The molecule has 0 saturated heterocycles. The van der Waals surface area contributed by atoms with E-state index >= 15 is 0 Å². The topological polar surface area (TPSA) is 58.5 Å². The van der Waals surface area contributed by atoms with Gasteiger partial charge in [-0.2, -0.15) is 0 Å². The van der Waals surface area contributed by atoms with Gasteiger partial charge in [-0.25, -0.2) is 8.42 Å². The maximum absolute atomic E-state index is 12.9. The molecule has 0 unspecified atom stereocenters. The number of hydrogen-bond acceptors (Lipinski definition) is 3. The number of nitrogens with one attached hydrogen (secondary N) is 1. The summed E-state index contributed by atoms with van der Waals surface area (Å²) in [6.07, 6.45) is 1.86. The SMILES string of the molecule is Cc1ccc(NS(=O)(=O)c2ccc(N=Cc3c4ccccc4cc4ccccc34)cc2)c(C)c1. The number of aliphatic imine (C=N–C) groups is 1. The van der Waals surface area contributed by atoms with Crippen LogP contribution in [0.15, 0.2) is 107 Å². The van der Waals surface area contributed by atoms with Gasteiger partial charge in [0.05, 0.1) is 16.3 Å². The van der Waals surface area contributed by atoms with Crippen LogP contribution in [0.2, 0.25) is 0 Å². The summed E-state index contributed by atoms with van der Waals surface area (Å²) in [7, 11) is -3.69. The molecule has 0 heterocycles. The van der Waals surface area contributed by atoms with Gasteiger partial charge in [-0.1, -0.05) is 66.2 Å². The van der Waals surface area contributed by atoms with Crippen LogP contribution in [-0.2, 0) is 10.0 Å². The van der Waals surface area contributed by atoms with Crippen LogP contribution in [0, 0.1) is 13.8 Å². The fourth-order valence-electron chi connectivity index (χ4n) is 4.17. The summed E-state index contributed by atoms with van der Waals surface area (Å²) >= 11 is 0. The van der Waals surface area contributed by atoms with E-state index < -0.39 is 10.0 Å². The molecule has 0 aromatic heterocycles. The molecule has 168 valence electrons. The number of nitrogens with zero attached hydrogens (tertiary/aromatic N) is 1. The summed E-state index contributed by atoms with van der Waals surface area (Å²) in [6, 6.07) is 30.9. The highest BCUT2D eigenvalue weighted by molar-refractivity contribution is 7.92. The van der Waals surface area contributed by atoms with Crippen molar-refractivity contribution in [2.45, 2.75) is 18.7 Å². The maximum Gasteiger partial charge on any atom is 0.261 e. The van der Waals surface area contributed by atoms with Crippen molar-refractivity contribution in [1.82, 2.24) is 0 Å². The number of aryl methyl sites for hydroxylation is 2. The smallest absolute Gasteiger partial charge is 0.261 e. The lowest BCUT2D eigenvalue weighted by molar-refractivity contribution is 0.601. The normalized spacial score (nSPS) is 11.9. The summed E-state index contributed by atoms with van der Waals surface area (Å²) in [4.78, 5) is 4.86. The van der Waals surface area contributed by atoms with Crippen LogP contribution in [0.4, 0.5) is 11.4 Å². The van der Waals surface area contributed by atoms with Gasteiger partial charge in [0.1, 0.15) is 0 Å². The second-order valence-corrected chi connectivity index (χ2v) is 10.1. The van der Waals surface area contributed by atoms with Crippen molar-refractivity contribution < 1.29 is 8.42 Å². The molecule has 0 aliphatic heterocycles. The van der Waals surface area contributed by atoms with Crippen LogP contribution in [0.25, 0.3) is 21.5 Å². The van der Waals surface area contributed by atoms with Crippen molar-refractivity contribution in [1.29, 1.82) is 0 Å². The third-order valence-corrected chi connectivity index (χ3v) is 7.31. The van der Waals surface area contributed by atoms with Crippen LogP contribution in [0.5, 0.6) is 0 Å².